The highest BCUT2D eigenvalue weighted by Crippen LogP contribution is 2.24. The highest BCUT2D eigenvalue weighted by Gasteiger charge is 2.30. The van der Waals surface area contributed by atoms with Crippen LogP contribution < -0.4 is 5.73 Å². The summed E-state index contributed by atoms with van der Waals surface area (Å²) in [6, 6.07) is 0.112. The zero-order chi connectivity index (χ0) is 8.48. The summed E-state index contributed by atoms with van der Waals surface area (Å²) in [5.41, 5.74) is 5.61. The summed E-state index contributed by atoms with van der Waals surface area (Å²) in [4.78, 5) is 0. The lowest BCUT2D eigenvalue weighted by molar-refractivity contribution is 0.579. The standard InChI is InChI=1S/C7H15NO2S/c1-2-11(9,10)7-4-3-6(8)5-7/h6-7H,2-5,8H2,1H3. The van der Waals surface area contributed by atoms with Crippen LogP contribution in [0.4, 0.5) is 0 Å². The lowest BCUT2D eigenvalue weighted by Crippen LogP contribution is -2.23. The van der Waals surface area contributed by atoms with E-state index in [2.05, 4.69) is 0 Å². The minimum Gasteiger partial charge on any atom is -0.328 e. The van der Waals surface area contributed by atoms with Crippen molar-refractivity contribution >= 4 is 9.84 Å². The number of hydrogen-bond acceptors (Lipinski definition) is 3. The highest BCUT2D eigenvalue weighted by molar-refractivity contribution is 7.92. The predicted molar refractivity (Wildman–Crippen MR) is 45.1 cm³/mol. The largest absolute Gasteiger partial charge is 0.328 e. The molecule has 0 aliphatic heterocycles. The van der Waals surface area contributed by atoms with E-state index in [9.17, 15) is 8.42 Å². The first-order chi connectivity index (χ1) is 5.06. The fourth-order valence-electron chi connectivity index (χ4n) is 1.54. The third-order valence-corrected chi connectivity index (χ3v) is 4.58. The SMILES string of the molecule is CCS(=O)(=O)C1CCC(N)C1. The summed E-state index contributed by atoms with van der Waals surface area (Å²) in [6.45, 7) is 1.69. The van der Waals surface area contributed by atoms with E-state index in [0.717, 1.165) is 12.8 Å². The summed E-state index contributed by atoms with van der Waals surface area (Å²) in [5, 5.41) is -0.150. The Morgan fingerprint density at radius 3 is 2.45 bits per heavy atom. The maximum atomic E-state index is 11.3. The average Bonchev–Trinajstić information content (AvgIpc) is 2.36. The molecule has 0 radical (unpaired) electrons. The molecule has 1 aliphatic rings. The first-order valence-electron chi connectivity index (χ1n) is 4.03. The summed E-state index contributed by atoms with van der Waals surface area (Å²) in [7, 11) is -2.81. The maximum absolute atomic E-state index is 11.3. The minimum atomic E-state index is -2.81. The Labute approximate surface area is 67.9 Å². The first-order valence-corrected chi connectivity index (χ1v) is 5.75. The van der Waals surface area contributed by atoms with Gasteiger partial charge in [0.05, 0.1) is 5.25 Å². The molecule has 1 rings (SSSR count). The summed E-state index contributed by atoms with van der Waals surface area (Å²) in [5.74, 6) is 0.254. The summed E-state index contributed by atoms with van der Waals surface area (Å²) < 4.78 is 22.6. The molecular weight excluding hydrogens is 162 g/mol. The second kappa shape index (κ2) is 3.11. The van der Waals surface area contributed by atoms with Crippen LogP contribution in [0.3, 0.4) is 0 Å². The van der Waals surface area contributed by atoms with Gasteiger partial charge in [0.25, 0.3) is 0 Å². The van der Waals surface area contributed by atoms with E-state index in [0.29, 0.717) is 6.42 Å². The Bertz CT molecular complexity index is 223. The number of hydrogen-bond donors (Lipinski definition) is 1. The van der Waals surface area contributed by atoms with Gasteiger partial charge < -0.3 is 5.73 Å². The Balaban J connectivity index is 2.64. The zero-order valence-corrected chi connectivity index (χ0v) is 7.60. The van der Waals surface area contributed by atoms with E-state index in [1.807, 2.05) is 0 Å². The van der Waals surface area contributed by atoms with E-state index in [-0.39, 0.29) is 17.0 Å². The van der Waals surface area contributed by atoms with Gasteiger partial charge in [-0.25, -0.2) is 8.42 Å². The molecule has 11 heavy (non-hydrogen) atoms. The van der Waals surface area contributed by atoms with Crippen molar-refractivity contribution in [2.45, 2.75) is 37.5 Å². The van der Waals surface area contributed by atoms with E-state index in [4.69, 9.17) is 5.73 Å². The molecule has 0 spiro atoms. The van der Waals surface area contributed by atoms with Crippen LogP contribution in [0.5, 0.6) is 0 Å². The molecule has 0 saturated heterocycles. The van der Waals surface area contributed by atoms with Crippen LogP contribution >= 0.6 is 0 Å². The summed E-state index contributed by atoms with van der Waals surface area (Å²) in [6.07, 6.45) is 2.29. The molecule has 0 heterocycles. The fourth-order valence-corrected chi connectivity index (χ4v) is 3.04. The first kappa shape index (κ1) is 9.00. The van der Waals surface area contributed by atoms with E-state index >= 15 is 0 Å². The molecule has 0 aromatic carbocycles. The lowest BCUT2D eigenvalue weighted by atomic mass is 10.3. The van der Waals surface area contributed by atoms with Crippen molar-refractivity contribution in [2.24, 2.45) is 5.73 Å². The molecular formula is C7H15NO2S. The molecule has 2 N–H and O–H groups in total. The molecule has 0 aromatic heterocycles. The van der Waals surface area contributed by atoms with Crippen molar-refractivity contribution in [3.63, 3.8) is 0 Å². The average molecular weight is 177 g/mol. The van der Waals surface area contributed by atoms with Crippen molar-refractivity contribution in [3.05, 3.63) is 0 Å². The molecule has 3 nitrogen and oxygen atoms in total. The highest BCUT2D eigenvalue weighted by atomic mass is 32.2. The molecule has 4 heteroatoms. The molecule has 0 amide bonds. The lowest BCUT2D eigenvalue weighted by Gasteiger charge is -2.08. The van der Waals surface area contributed by atoms with E-state index < -0.39 is 9.84 Å². The molecule has 2 atom stereocenters. The van der Waals surface area contributed by atoms with Crippen molar-refractivity contribution in [1.29, 1.82) is 0 Å². The van der Waals surface area contributed by atoms with Gasteiger partial charge in [0.1, 0.15) is 0 Å². The quantitative estimate of drug-likeness (QED) is 0.660. The minimum absolute atomic E-state index is 0.112. The molecule has 1 fully saturated rings. The van der Waals surface area contributed by atoms with Crippen LogP contribution in [0, 0.1) is 0 Å². The number of rotatable bonds is 2. The van der Waals surface area contributed by atoms with Crippen molar-refractivity contribution < 1.29 is 8.42 Å². The van der Waals surface area contributed by atoms with Gasteiger partial charge in [-0.05, 0) is 19.3 Å². The van der Waals surface area contributed by atoms with Crippen molar-refractivity contribution in [1.82, 2.24) is 0 Å². The van der Waals surface area contributed by atoms with E-state index in [1.165, 1.54) is 0 Å². The zero-order valence-electron chi connectivity index (χ0n) is 6.79. The van der Waals surface area contributed by atoms with Crippen LogP contribution in [-0.4, -0.2) is 25.5 Å². The molecule has 0 aromatic rings. The van der Waals surface area contributed by atoms with Gasteiger partial charge in [0, 0.05) is 11.8 Å². The summed E-state index contributed by atoms with van der Waals surface area (Å²) >= 11 is 0. The number of nitrogens with two attached hydrogens (primary N) is 1. The molecule has 1 aliphatic carbocycles. The van der Waals surface area contributed by atoms with Crippen LogP contribution in [0.15, 0.2) is 0 Å². The maximum Gasteiger partial charge on any atom is 0.152 e. The smallest absolute Gasteiger partial charge is 0.152 e. The molecule has 1 saturated carbocycles. The molecule has 66 valence electrons. The van der Waals surface area contributed by atoms with Crippen LogP contribution in [0.25, 0.3) is 0 Å². The fraction of sp³-hybridized carbons (Fsp3) is 1.00. The number of sulfone groups is 1. The molecule has 2 unspecified atom stereocenters. The second-order valence-corrected chi connectivity index (χ2v) is 5.72. The van der Waals surface area contributed by atoms with Gasteiger partial charge in [0.15, 0.2) is 9.84 Å². The Morgan fingerprint density at radius 1 is 1.45 bits per heavy atom. The van der Waals surface area contributed by atoms with Gasteiger partial charge in [-0.15, -0.1) is 0 Å². The second-order valence-electron chi connectivity index (χ2n) is 3.15. The van der Waals surface area contributed by atoms with Crippen LogP contribution in [0.1, 0.15) is 26.2 Å². The Hall–Kier alpha value is -0.0900. The predicted octanol–water partition coefficient (Wildman–Crippen LogP) is 0.301. The monoisotopic (exact) mass is 177 g/mol. The normalized spacial score (nSPS) is 32.5. The van der Waals surface area contributed by atoms with E-state index in [1.54, 1.807) is 6.92 Å². The van der Waals surface area contributed by atoms with Crippen molar-refractivity contribution in [2.75, 3.05) is 5.75 Å². The topological polar surface area (TPSA) is 60.2 Å². The third-order valence-electron chi connectivity index (χ3n) is 2.34. The third kappa shape index (κ3) is 1.93. The van der Waals surface area contributed by atoms with Crippen molar-refractivity contribution in [3.8, 4) is 0 Å². The Morgan fingerprint density at radius 2 is 2.09 bits per heavy atom. The van der Waals surface area contributed by atoms with Gasteiger partial charge in [-0.1, -0.05) is 6.92 Å². The van der Waals surface area contributed by atoms with Gasteiger partial charge in [-0.3, -0.25) is 0 Å². The van der Waals surface area contributed by atoms with Gasteiger partial charge in [-0.2, -0.15) is 0 Å². The van der Waals surface area contributed by atoms with Gasteiger partial charge >= 0.3 is 0 Å². The Kier molecular flexibility index (Phi) is 2.54. The van der Waals surface area contributed by atoms with Gasteiger partial charge in [0.2, 0.25) is 0 Å². The van der Waals surface area contributed by atoms with Crippen LogP contribution in [0.2, 0.25) is 0 Å². The van der Waals surface area contributed by atoms with Crippen LogP contribution in [-0.2, 0) is 9.84 Å². The molecule has 0 bridgehead atoms.